The second kappa shape index (κ2) is 10.3. The molecule has 2 aliphatic heterocycles. The fourth-order valence-electron chi connectivity index (χ4n) is 4.13. The quantitative estimate of drug-likeness (QED) is 0.440. The zero-order chi connectivity index (χ0) is 21.5. The van der Waals surface area contributed by atoms with Gasteiger partial charge in [0.1, 0.15) is 5.75 Å². The number of carbonyl (C=O) groups is 1. The highest BCUT2D eigenvalue weighted by Gasteiger charge is 2.25. The molecular formula is C24H31N5O2. The highest BCUT2D eigenvalue weighted by Crippen LogP contribution is 2.31. The molecule has 2 aromatic rings. The lowest BCUT2D eigenvalue weighted by molar-refractivity contribution is -0.121. The van der Waals surface area contributed by atoms with Crippen LogP contribution in [-0.2, 0) is 11.3 Å². The van der Waals surface area contributed by atoms with Crippen LogP contribution in [0.2, 0.25) is 0 Å². The van der Waals surface area contributed by atoms with Crippen LogP contribution in [0.15, 0.2) is 59.6 Å². The first-order valence-corrected chi connectivity index (χ1v) is 11.0. The van der Waals surface area contributed by atoms with E-state index in [1.165, 1.54) is 5.56 Å². The largest absolute Gasteiger partial charge is 0.482 e. The van der Waals surface area contributed by atoms with E-state index >= 15 is 0 Å². The average molecular weight is 422 g/mol. The Hall–Kier alpha value is -3.06. The molecule has 0 saturated carbocycles. The Labute approximate surface area is 184 Å². The van der Waals surface area contributed by atoms with Gasteiger partial charge in [-0.15, -0.1) is 0 Å². The van der Waals surface area contributed by atoms with Crippen molar-refractivity contribution >= 4 is 17.6 Å². The third kappa shape index (κ3) is 5.35. The first-order valence-electron chi connectivity index (χ1n) is 11.0. The molecule has 7 heteroatoms. The van der Waals surface area contributed by atoms with E-state index in [9.17, 15) is 4.79 Å². The number of amides is 1. The minimum atomic E-state index is 0.0117. The number of aliphatic imine (C=N–C) groups is 1. The Bertz CT molecular complexity index is 894. The van der Waals surface area contributed by atoms with Crippen LogP contribution in [0.5, 0.6) is 5.75 Å². The average Bonchev–Trinajstić information content (AvgIpc) is 2.82. The summed E-state index contributed by atoms with van der Waals surface area (Å²) in [5, 5.41) is 3.47. The van der Waals surface area contributed by atoms with E-state index in [2.05, 4.69) is 50.4 Å². The second-order valence-electron chi connectivity index (χ2n) is 7.88. The van der Waals surface area contributed by atoms with Gasteiger partial charge in [0.2, 0.25) is 0 Å². The number of anilines is 1. The number of nitrogens with zero attached hydrogens (tertiary/aromatic N) is 4. The number of carbonyl (C=O) groups excluding carboxylic acids is 1. The predicted octanol–water partition coefficient (Wildman–Crippen LogP) is 2.20. The summed E-state index contributed by atoms with van der Waals surface area (Å²) in [7, 11) is 1.83. The number of nitrogens with one attached hydrogen (secondary N) is 1. The standard InChI is InChI=1S/C24H31N5O2/c1-25-24(28-16-14-27(15-17-28)18-20-8-3-2-4-9-20)26-12-7-13-29-21-10-5-6-11-22(21)31-19-23(29)30/h2-6,8-11H,7,12-19H2,1H3,(H,25,26). The van der Waals surface area contributed by atoms with Gasteiger partial charge in [-0.3, -0.25) is 14.7 Å². The molecular weight excluding hydrogens is 390 g/mol. The van der Waals surface area contributed by atoms with Crippen molar-refractivity contribution in [2.45, 2.75) is 13.0 Å². The minimum Gasteiger partial charge on any atom is -0.482 e. The van der Waals surface area contributed by atoms with Crippen molar-refractivity contribution in [1.29, 1.82) is 0 Å². The molecule has 0 radical (unpaired) electrons. The van der Waals surface area contributed by atoms with Crippen molar-refractivity contribution in [3.05, 3.63) is 60.2 Å². The van der Waals surface area contributed by atoms with Crippen molar-refractivity contribution in [2.75, 3.05) is 57.8 Å². The monoisotopic (exact) mass is 421 g/mol. The second-order valence-corrected chi connectivity index (χ2v) is 7.88. The number of benzene rings is 2. The smallest absolute Gasteiger partial charge is 0.265 e. The summed E-state index contributed by atoms with van der Waals surface area (Å²) in [6, 6.07) is 18.3. The molecule has 2 heterocycles. The lowest BCUT2D eigenvalue weighted by atomic mass is 10.2. The zero-order valence-corrected chi connectivity index (χ0v) is 18.2. The molecule has 0 unspecified atom stereocenters. The summed E-state index contributed by atoms with van der Waals surface area (Å²) in [4.78, 5) is 23.4. The number of para-hydroxylation sites is 2. The van der Waals surface area contributed by atoms with Crippen LogP contribution in [0.25, 0.3) is 0 Å². The topological polar surface area (TPSA) is 60.4 Å². The molecule has 2 aliphatic rings. The highest BCUT2D eigenvalue weighted by atomic mass is 16.5. The van der Waals surface area contributed by atoms with E-state index in [1.807, 2.05) is 36.2 Å². The van der Waals surface area contributed by atoms with Crippen molar-refractivity contribution in [3.8, 4) is 5.75 Å². The van der Waals surface area contributed by atoms with Gasteiger partial charge >= 0.3 is 0 Å². The molecule has 1 saturated heterocycles. The molecule has 164 valence electrons. The Balaban J connectivity index is 1.21. The maximum Gasteiger partial charge on any atom is 0.265 e. The number of rotatable bonds is 6. The number of hydrogen-bond donors (Lipinski definition) is 1. The Kier molecular flexibility index (Phi) is 7.04. The van der Waals surface area contributed by atoms with Gasteiger partial charge in [-0.25, -0.2) is 0 Å². The molecule has 7 nitrogen and oxygen atoms in total. The zero-order valence-electron chi connectivity index (χ0n) is 18.2. The lowest BCUT2D eigenvalue weighted by Crippen LogP contribution is -2.52. The normalized spacial score (nSPS) is 17.3. The molecule has 1 fully saturated rings. The molecule has 0 atom stereocenters. The van der Waals surface area contributed by atoms with Crippen LogP contribution in [0.3, 0.4) is 0 Å². The maximum atomic E-state index is 12.3. The maximum absolute atomic E-state index is 12.3. The molecule has 0 aromatic heterocycles. The Morgan fingerprint density at radius 2 is 1.77 bits per heavy atom. The van der Waals surface area contributed by atoms with Crippen LogP contribution in [0.4, 0.5) is 5.69 Å². The van der Waals surface area contributed by atoms with Gasteiger partial charge in [0.05, 0.1) is 5.69 Å². The van der Waals surface area contributed by atoms with Crippen LogP contribution in [-0.4, -0.2) is 74.6 Å². The van der Waals surface area contributed by atoms with Crippen LogP contribution >= 0.6 is 0 Å². The summed E-state index contributed by atoms with van der Waals surface area (Å²) in [5.41, 5.74) is 2.22. The molecule has 1 N–H and O–H groups in total. The summed E-state index contributed by atoms with van der Waals surface area (Å²) in [6.07, 6.45) is 0.840. The molecule has 0 bridgehead atoms. The van der Waals surface area contributed by atoms with Gasteiger partial charge < -0.3 is 19.9 Å². The van der Waals surface area contributed by atoms with Crippen LogP contribution < -0.4 is 15.0 Å². The minimum absolute atomic E-state index is 0.0117. The predicted molar refractivity (Wildman–Crippen MR) is 124 cm³/mol. The van der Waals surface area contributed by atoms with Gasteiger partial charge in [-0.05, 0) is 24.1 Å². The van der Waals surface area contributed by atoms with Gasteiger partial charge in [-0.1, -0.05) is 42.5 Å². The summed E-state index contributed by atoms with van der Waals surface area (Å²) in [6.45, 7) is 6.50. The van der Waals surface area contributed by atoms with E-state index in [0.717, 1.165) is 63.1 Å². The molecule has 2 aromatic carbocycles. The van der Waals surface area contributed by atoms with E-state index in [0.29, 0.717) is 6.54 Å². The fraction of sp³-hybridized carbons (Fsp3) is 0.417. The summed E-state index contributed by atoms with van der Waals surface area (Å²) < 4.78 is 5.52. The van der Waals surface area contributed by atoms with Crippen molar-refractivity contribution < 1.29 is 9.53 Å². The van der Waals surface area contributed by atoms with Crippen molar-refractivity contribution in [1.82, 2.24) is 15.1 Å². The SMILES string of the molecule is CN=C(NCCCN1C(=O)COc2ccccc21)N1CCN(Cc2ccccc2)CC1. The Morgan fingerprint density at radius 3 is 2.55 bits per heavy atom. The first-order chi connectivity index (χ1) is 15.2. The molecule has 31 heavy (non-hydrogen) atoms. The van der Waals surface area contributed by atoms with E-state index in [1.54, 1.807) is 0 Å². The van der Waals surface area contributed by atoms with E-state index in [-0.39, 0.29) is 12.5 Å². The number of fused-ring (bicyclic) bond motifs is 1. The van der Waals surface area contributed by atoms with Crippen LogP contribution in [0, 0.1) is 0 Å². The van der Waals surface area contributed by atoms with Gasteiger partial charge in [0.25, 0.3) is 5.91 Å². The van der Waals surface area contributed by atoms with E-state index in [4.69, 9.17) is 4.74 Å². The highest BCUT2D eigenvalue weighted by molar-refractivity contribution is 5.97. The summed E-state index contributed by atoms with van der Waals surface area (Å²) >= 11 is 0. The molecule has 0 spiro atoms. The first kappa shape index (κ1) is 21.2. The lowest BCUT2D eigenvalue weighted by Gasteiger charge is -2.36. The van der Waals surface area contributed by atoms with E-state index < -0.39 is 0 Å². The molecule has 1 amide bonds. The third-order valence-electron chi connectivity index (χ3n) is 5.78. The number of hydrogen-bond acceptors (Lipinski definition) is 4. The van der Waals surface area contributed by atoms with Gasteiger partial charge in [0.15, 0.2) is 12.6 Å². The number of piperazine rings is 1. The molecule has 4 rings (SSSR count). The Morgan fingerprint density at radius 1 is 1.03 bits per heavy atom. The summed E-state index contributed by atoms with van der Waals surface area (Å²) in [5.74, 6) is 1.73. The number of ether oxygens (including phenoxy) is 1. The third-order valence-corrected chi connectivity index (χ3v) is 5.78. The van der Waals surface area contributed by atoms with Crippen LogP contribution in [0.1, 0.15) is 12.0 Å². The van der Waals surface area contributed by atoms with Gasteiger partial charge in [-0.2, -0.15) is 0 Å². The number of guanidine groups is 1. The van der Waals surface area contributed by atoms with Gasteiger partial charge in [0, 0.05) is 52.9 Å². The fourth-order valence-corrected chi connectivity index (χ4v) is 4.13. The van der Waals surface area contributed by atoms with Crippen molar-refractivity contribution in [2.24, 2.45) is 4.99 Å². The molecule has 0 aliphatic carbocycles. The van der Waals surface area contributed by atoms with Crippen molar-refractivity contribution in [3.63, 3.8) is 0 Å².